The average Bonchev–Trinajstić information content (AvgIpc) is 2.65. The van der Waals surface area contributed by atoms with Crippen LogP contribution in [0.1, 0.15) is 60.8 Å². The Morgan fingerprint density at radius 3 is 2.19 bits per heavy atom. The maximum absolute atomic E-state index is 13.4. The second-order valence-corrected chi connectivity index (χ2v) is 17.2. The fraction of sp³-hybridized carbons (Fsp3) is 0.667. The zero-order valence-electron chi connectivity index (χ0n) is 20.5. The summed E-state index contributed by atoms with van der Waals surface area (Å²) in [4.78, 5) is 0.236. The summed E-state index contributed by atoms with van der Waals surface area (Å²) in [5, 5.41) is 19.6. The lowest BCUT2D eigenvalue weighted by molar-refractivity contribution is -0.0495. The summed E-state index contributed by atoms with van der Waals surface area (Å²) in [5.41, 5.74) is -0.456. The molecule has 0 saturated heterocycles. The van der Waals surface area contributed by atoms with Crippen molar-refractivity contribution in [3.63, 3.8) is 0 Å². The molecule has 1 rings (SSSR count). The summed E-state index contributed by atoms with van der Waals surface area (Å²) >= 11 is 0. The average molecular weight is 471 g/mol. The Balaban J connectivity index is 3.27. The van der Waals surface area contributed by atoms with Gasteiger partial charge >= 0.3 is 0 Å². The molecule has 5 nitrogen and oxygen atoms in total. The van der Waals surface area contributed by atoms with Crippen LogP contribution >= 0.6 is 0 Å². The highest BCUT2D eigenvalue weighted by atomic mass is 32.2. The van der Waals surface area contributed by atoms with Gasteiger partial charge in [0.2, 0.25) is 0 Å². The Morgan fingerprint density at radius 2 is 1.71 bits per heavy atom. The van der Waals surface area contributed by atoms with E-state index in [2.05, 4.69) is 33.9 Å². The highest BCUT2D eigenvalue weighted by Crippen LogP contribution is 2.39. The number of hydrogen-bond acceptors (Lipinski definition) is 5. The van der Waals surface area contributed by atoms with Gasteiger partial charge in [-0.25, -0.2) is 8.42 Å². The molecule has 1 aromatic rings. The largest absolute Gasteiger partial charge is 0.411 e. The molecule has 7 heteroatoms. The molecule has 0 radical (unpaired) electrons. The zero-order chi connectivity index (χ0) is 24.1. The van der Waals surface area contributed by atoms with Crippen LogP contribution in [-0.2, 0) is 14.3 Å². The van der Waals surface area contributed by atoms with E-state index < -0.39 is 35.1 Å². The van der Waals surface area contributed by atoms with Crippen LogP contribution in [-0.4, -0.2) is 50.5 Å². The van der Waals surface area contributed by atoms with E-state index in [0.717, 1.165) is 5.57 Å². The van der Waals surface area contributed by atoms with E-state index in [-0.39, 0.29) is 23.0 Å². The number of benzene rings is 1. The van der Waals surface area contributed by atoms with Crippen molar-refractivity contribution in [2.75, 3.05) is 6.61 Å². The Morgan fingerprint density at radius 1 is 1.16 bits per heavy atom. The van der Waals surface area contributed by atoms with Crippen molar-refractivity contribution in [1.82, 2.24) is 0 Å². The van der Waals surface area contributed by atoms with Gasteiger partial charge in [-0.2, -0.15) is 0 Å². The van der Waals surface area contributed by atoms with Gasteiger partial charge in [0.25, 0.3) is 0 Å². The second kappa shape index (κ2) is 10.7. The molecule has 0 spiro atoms. The van der Waals surface area contributed by atoms with E-state index in [1.165, 1.54) is 0 Å². The first-order valence-corrected chi connectivity index (χ1v) is 15.5. The minimum atomic E-state index is -3.70. The van der Waals surface area contributed by atoms with E-state index in [4.69, 9.17) is 9.53 Å². The zero-order valence-corrected chi connectivity index (χ0v) is 22.3. The highest BCUT2D eigenvalue weighted by molar-refractivity contribution is 7.92. The van der Waals surface area contributed by atoms with Gasteiger partial charge in [0.15, 0.2) is 18.2 Å². The van der Waals surface area contributed by atoms with Crippen LogP contribution in [0.25, 0.3) is 0 Å². The van der Waals surface area contributed by atoms with Gasteiger partial charge in [0, 0.05) is 6.61 Å². The van der Waals surface area contributed by atoms with Crippen molar-refractivity contribution in [1.29, 1.82) is 0 Å². The standard InChI is InChI=1S/C24H42O5SSi/c1-19(13-12-16-25)17-22(30(27,28)21-14-10-9-11-15-21)18-24(6,26)20(2)29-31(7,8)23(3,4)5/h9-11,14-15,17,20,22,25-26H,12-13,16,18H2,1-8H3/b19-17+/t20-,22?,24+/m1/s1. The lowest BCUT2D eigenvalue weighted by atomic mass is 9.93. The minimum absolute atomic E-state index is 0.0202. The predicted molar refractivity (Wildman–Crippen MR) is 130 cm³/mol. The Kier molecular flexibility index (Phi) is 9.72. The molecule has 31 heavy (non-hydrogen) atoms. The van der Waals surface area contributed by atoms with Gasteiger partial charge in [0.05, 0.1) is 21.9 Å². The summed E-state index contributed by atoms with van der Waals surface area (Å²) in [6.07, 6.45) is 2.41. The van der Waals surface area contributed by atoms with Crippen molar-refractivity contribution in [2.45, 2.75) is 101 Å². The lowest BCUT2D eigenvalue weighted by Crippen LogP contribution is -2.51. The SMILES string of the molecule is C/C(=C\C(C[C@](C)(O)[C@@H](C)O[Si](C)(C)C(C)(C)C)S(=O)(=O)c1ccccc1)CCCO. The van der Waals surface area contributed by atoms with Crippen molar-refractivity contribution in [2.24, 2.45) is 0 Å². The number of allylic oxidation sites excluding steroid dienone is 1. The minimum Gasteiger partial charge on any atom is -0.411 e. The van der Waals surface area contributed by atoms with Crippen LogP contribution in [0.15, 0.2) is 46.9 Å². The Labute approximate surface area is 190 Å². The van der Waals surface area contributed by atoms with Crippen LogP contribution in [0, 0.1) is 0 Å². The fourth-order valence-corrected chi connectivity index (χ4v) is 6.47. The number of rotatable bonds is 11. The first kappa shape index (κ1) is 28.0. The molecule has 0 saturated carbocycles. The summed E-state index contributed by atoms with van der Waals surface area (Å²) in [5.74, 6) is 0. The molecule has 0 aliphatic carbocycles. The molecule has 0 amide bonds. The van der Waals surface area contributed by atoms with Gasteiger partial charge < -0.3 is 14.6 Å². The first-order chi connectivity index (χ1) is 14.0. The lowest BCUT2D eigenvalue weighted by Gasteiger charge is -2.43. The molecule has 0 aromatic heterocycles. The van der Waals surface area contributed by atoms with Gasteiger partial charge in [-0.3, -0.25) is 0 Å². The number of aliphatic hydroxyl groups excluding tert-OH is 1. The molecule has 0 heterocycles. The van der Waals surface area contributed by atoms with E-state index in [0.29, 0.717) is 12.8 Å². The molecule has 0 aliphatic rings. The maximum atomic E-state index is 13.4. The molecular formula is C24H42O5SSi. The number of aliphatic hydroxyl groups is 2. The molecule has 2 N–H and O–H groups in total. The Bertz CT molecular complexity index is 823. The van der Waals surface area contributed by atoms with Gasteiger partial charge in [0.1, 0.15) is 0 Å². The van der Waals surface area contributed by atoms with Crippen molar-refractivity contribution in [3.8, 4) is 0 Å². The van der Waals surface area contributed by atoms with E-state index in [1.54, 1.807) is 43.3 Å². The van der Waals surface area contributed by atoms with Crippen LogP contribution in [0.3, 0.4) is 0 Å². The van der Waals surface area contributed by atoms with E-state index in [1.807, 2.05) is 13.8 Å². The summed E-state index contributed by atoms with van der Waals surface area (Å²) in [6, 6.07) is 8.36. The van der Waals surface area contributed by atoms with Gasteiger partial charge in [-0.05, 0) is 70.3 Å². The van der Waals surface area contributed by atoms with Crippen molar-refractivity contribution in [3.05, 3.63) is 42.0 Å². The normalized spacial score (nSPS) is 17.8. The Hall–Kier alpha value is -0.993. The quantitative estimate of drug-likeness (QED) is 0.347. The molecule has 178 valence electrons. The predicted octanol–water partition coefficient (Wildman–Crippen LogP) is 5.10. The summed E-state index contributed by atoms with van der Waals surface area (Å²) < 4.78 is 33.3. The van der Waals surface area contributed by atoms with Crippen LogP contribution in [0.5, 0.6) is 0 Å². The number of sulfone groups is 1. The molecule has 1 unspecified atom stereocenters. The molecule has 3 atom stereocenters. The van der Waals surface area contributed by atoms with E-state index in [9.17, 15) is 13.5 Å². The second-order valence-electron chi connectivity index (χ2n) is 10.3. The van der Waals surface area contributed by atoms with Crippen LogP contribution < -0.4 is 0 Å². The summed E-state index contributed by atoms with van der Waals surface area (Å²) in [7, 11) is -5.84. The third kappa shape index (κ3) is 7.82. The molecule has 0 fully saturated rings. The monoisotopic (exact) mass is 470 g/mol. The first-order valence-electron chi connectivity index (χ1n) is 11.0. The topological polar surface area (TPSA) is 83.8 Å². The molecule has 0 bridgehead atoms. The van der Waals surface area contributed by atoms with Gasteiger partial charge in [-0.1, -0.05) is 50.6 Å². The third-order valence-electron chi connectivity index (χ3n) is 6.44. The van der Waals surface area contributed by atoms with E-state index >= 15 is 0 Å². The molecule has 0 aliphatic heterocycles. The summed E-state index contributed by atoms with van der Waals surface area (Å²) in [6.45, 7) is 16.1. The smallest absolute Gasteiger partial charge is 0.192 e. The number of hydrogen-bond donors (Lipinski definition) is 2. The van der Waals surface area contributed by atoms with Crippen LogP contribution in [0.4, 0.5) is 0 Å². The third-order valence-corrected chi connectivity index (χ3v) is 13.0. The molecule has 1 aromatic carbocycles. The molecular weight excluding hydrogens is 428 g/mol. The highest BCUT2D eigenvalue weighted by Gasteiger charge is 2.44. The fourth-order valence-electron chi connectivity index (χ4n) is 3.12. The van der Waals surface area contributed by atoms with Crippen LogP contribution in [0.2, 0.25) is 18.1 Å². The van der Waals surface area contributed by atoms with Crippen molar-refractivity contribution >= 4 is 18.2 Å². The van der Waals surface area contributed by atoms with Gasteiger partial charge in [-0.15, -0.1) is 0 Å². The maximum Gasteiger partial charge on any atom is 0.192 e. The van der Waals surface area contributed by atoms with Crippen molar-refractivity contribution < 1.29 is 23.1 Å².